The summed E-state index contributed by atoms with van der Waals surface area (Å²) in [6, 6.07) is 1.71. The van der Waals surface area contributed by atoms with E-state index in [1.165, 1.54) is 6.20 Å². The highest BCUT2D eigenvalue weighted by molar-refractivity contribution is 6.33. The van der Waals surface area contributed by atoms with E-state index in [0.717, 1.165) is 6.42 Å². The first-order chi connectivity index (χ1) is 8.69. The highest BCUT2D eigenvalue weighted by atomic mass is 35.5. The summed E-state index contributed by atoms with van der Waals surface area (Å²) in [4.78, 5) is 7.72. The first-order valence-electron chi connectivity index (χ1n) is 5.32. The number of rotatable bonds is 5. The Kier molecular flexibility index (Phi) is 4.22. The predicted octanol–water partition coefficient (Wildman–Crippen LogP) is 3.04. The molecule has 0 atom stereocenters. The lowest BCUT2D eigenvalue weighted by Gasteiger charge is -2.03. The van der Waals surface area contributed by atoms with Gasteiger partial charge in [0.15, 0.2) is 5.82 Å². The normalized spacial score (nSPS) is 10.4. The number of aromatic nitrogens is 4. The molecule has 0 unspecified atom stereocenters. The highest BCUT2D eigenvalue weighted by Gasteiger charge is 2.07. The molecule has 6 nitrogen and oxygen atoms in total. The Hall–Kier alpha value is -1.53. The van der Waals surface area contributed by atoms with Gasteiger partial charge in [0, 0.05) is 6.07 Å². The molecule has 0 aliphatic heterocycles. The smallest absolute Gasteiger partial charge is 0.234 e. The summed E-state index contributed by atoms with van der Waals surface area (Å²) < 4.78 is 5.35. The van der Waals surface area contributed by atoms with E-state index in [9.17, 15) is 0 Å². The van der Waals surface area contributed by atoms with E-state index in [1.807, 2.05) is 6.92 Å². The van der Waals surface area contributed by atoms with Crippen LogP contribution in [-0.2, 0) is 0 Å². The largest absolute Gasteiger partial charge is 0.477 e. The van der Waals surface area contributed by atoms with Crippen molar-refractivity contribution < 1.29 is 4.74 Å². The van der Waals surface area contributed by atoms with Crippen LogP contribution >= 0.6 is 23.2 Å². The molecule has 96 valence electrons. The number of halogens is 2. The van der Waals surface area contributed by atoms with Crippen LogP contribution in [0.2, 0.25) is 10.3 Å². The first kappa shape index (κ1) is 12.9. The van der Waals surface area contributed by atoms with Gasteiger partial charge in [0.2, 0.25) is 11.2 Å². The maximum absolute atomic E-state index is 5.92. The molecule has 0 aliphatic carbocycles. The number of H-pyrrole nitrogens is 1. The predicted molar refractivity (Wildman–Crippen MR) is 69.7 cm³/mol. The zero-order valence-corrected chi connectivity index (χ0v) is 11.1. The molecular formula is C10H11Cl2N5O. The van der Waals surface area contributed by atoms with E-state index >= 15 is 0 Å². The average Bonchev–Trinajstić information content (AvgIpc) is 2.79. The zero-order chi connectivity index (χ0) is 13.0. The molecule has 0 radical (unpaired) electrons. The molecule has 2 rings (SSSR count). The Morgan fingerprint density at radius 1 is 1.44 bits per heavy atom. The van der Waals surface area contributed by atoms with Crippen LogP contribution in [0.5, 0.6) is 5.88 Å². The first-order valence-corrected chi connectivity index (χ1v) is 6.08. The summed E-state index contributed by atoms with van der Waals surface area (Å²) in [7, 11) is 0. The molecule has 0 bridgehead atoms. The number of hydrogen-bond donors (Lipinski definition) is 2. The number of anilines is 2. The van der Waals surface area contributed by atoms with Crippen molar-refractivity contribution in [2.75, 3.05) is 11.9 Å². The van der Waals surface area contributed by atoms with Crippen LogP contribution in [0.4, 0.5) is 11.6 Å². The average molecular weight is 288 g/mol. The van der Waals surface area contributed by atoms with E-state index in [2.05, 4.69) is 25.5 Å². The fourth-order valence-corrected chi connectivity index (χ4v) is 1.48. The van der Waals surface area contributed by atoms with E-state index in [4.69, 9.17) is 27.9 Å². The lowest BCUT2D eigenvalue weighted by Crippen LogP contribution is -1.96. The number of ether oxygens (including phenoxy) is 1. The van der Waals surface area contributed by atoms with Crippen LogP contribution in [0.15, 0.2) is 12.3 Å². The third-order valence-corrected chi connectivity index (χ3v) is 2.43. The minimum absolute atomic E-state index is 0.115. The van der Waals surface area contributed by atoms with Crippen molar-refractivity contribution in [1.82, 2.24) is 20.2 Å². The summed E-state index contributed by atoms with van der Waals surface area (Å²) >= 11 is 11.6. The van der Waals surface area contributed by atoms with Crippen molar-refractivity contribution >= 4 is 34.8 Å². The van der Waals surface area contributed by atoms with Gasteiger partial charge in [-0.25, -0.2) is 4.98 Å². The quantitative estimate of drug-likeness (QED) is 0.827. The second-order valence-corrected chi connectivity index (χ2v) is 4.17. The second kappa shape index (κ2) is 5.88. The fraction of sp³-hybridized carbons (Fsp3) is 0.300. The van der Waals surface area contributed by atoms with E-state index < -0.39 is 0 Å². The summed E-state index contributed by atoms with van der Waals surface area (Å²) in [5.41, 5.74) is 0. The summed E-state index contributed by atoms with van der Waals surface area (Å²) in [6.45, 7) is 2.64. The van der Waals surface area contributed by atoms with E-state index in [1.54, 1.807) is 6.07 Å². The van der Waals surface area contributed by atoms with Crippen LogP contribution in [0.25, 0.3) is 0 Å². The molecule has 18 heavy (non-hydrogen) atoms. The molecule has 0 fully saturated rings. The number of nitrogens with zero attached hydrogens (tertiary/aromatic N) is 3. The van der Waals surface area contributed by atoms with Gasteiger partial charge in [-0.1, -0.05) is 18.5 Å². The minimum Gasteiger partial charge on any atom is -0.477 e. The summed E-state index contributed by atoms with van der Waals surface area (Å²) in [5, 5.41) is 10.2. The molecule has 0 saturated carbocycles. The lowest BCUT2D eigenvalue weighted by atomic mass is 10.5. The third kappa shape index (κ3) is 3.24. The molecule has 0 amide bonds. The minimum atomic E-state index is 0.115. The van der Waals surface area contributed by atoms with Crippen molar-refractivity contribution in [3.8, 4) is 5.88 Å². The van der Waals surface area contributed by atoms with E-state index in [0.29, 0.717) is 29.1 Å². The molecule has 2 heterocycles. The van der Waals surface area contributed by atoms with Gasteiger partial charge >= 0.3 is 0 Å². The van der Waals surface area contributed by atoms with Crippen LogP contribution in [-0.4, -0.2) is 26.8 Å². The molecule has 0 aromatic carbocycles. The van der Waals surface area contributed by atoms with Crippen LogP contribution < -0.4 is 10.1 Å². The van der Waals surface area contributed by atoms with Gasteiger partial charge in [0.05, 0.1) is 12.8 Å². The Morgan fingerprint density at radius 2 is 2.28 bits per heavy atom. The van der Waals surface area contributed by atoms with Gasteiger partial charge < -0.3 is 10.1 Å². The van der Waals surface area contributed by atoms with Crippen molar-refractivity contribution in [2.45, 2.75) is 13.3 Å². The van der Waals surface area contributed by atoms with Gasteiger partial charge in [0.1, 0.15) is 10.8 Å². The van der Waals surface area contributed by atoms with Gasteiger partial charge in [-0.3, -0.25) is 5.10 Å². The van der Waals surface area contributed by atoms with Crippen LogP contribution in [0.1, 0.15) is 13.3 Å². The Balaban J connectivity index is 2.08. The SMILES string of the molecule is CCCOc1cc(Nc2nc(Cl)ncc2Cl)[nH]n1. The number of aromatic amines is 1. The topological polar surface area (TPSA) is 75.7 Å². The van der Waals surface area contributed by atoms with Crippen molar-refractivity contribution in [2.24, 2.45) is 0 Å². The van der Waals surface area contributed by atoms with Crippen molar-refractivity contribution in [3.05, 3.63) is 22.6 Å². The van der Waals surface area contributed by atoms with E-state index in [-0.39, 0.29) is 5.28 Å². The van der Waals surface area contributed by atoms with Crippen molar-refractivity contribution in [3.63, 3.8) is 0 Å². The maximum Gasteiger partial charge on any atom is 0.234 e. The number of nitrogens with one attached hydrogen (secondary N) is 2. The van der Waals surface area contributed by atoms with Crippen LogP contribution in [0, 0.1) is 0 Å². The molecule has 2 N–H and O–H groups in total. The van der Waals surface area contributed by atoms with Crippen molar-refractivity contribution in [1.29, 1.82) is 0 Å². The standard InChI is InChI=1S/C10H11Cl2N5O/c1-2-3-18-8-4-7(16-17-8)14-9-6(11)5-13-10(12)15-9/h4-5H,2-3H2,1H3,(H2,13,14,15,16,17). The molecular weight excluding hydrogens is 277 g/mol. The second-order valence-electron chi connectivity index (χ2n) is 3.43. The number of hydrogen-bond acceptors (Lipinski definition) is 5. The van der Waals surface area contributed by atoms with Gasteiger partial charge in [-0.15, -0.1) is 5.10 Å². The fourth-order valence-electron chi connectivity index (χ4n) is 1.21. The van der Waals surface area contributed by atoms with Gasteiger partial charge in [0.25, 0.3) is 0 Å². The molecule has 0 spiro atoms. The Morgan fingerprint density at radius 3 is 3.06 bits per heavy atom. The Labute approximate surface area is 114 Å². The molecule has 2 aromatic heterocycles. The molecule has 2 aromatic rings. The Bertz CT molecular complexity index is 531. The third-order valence-electron chi connectivity index (χ3n) is 1.98. The zero-order valence-electron chi connectivity index (χ0n) is 9.57. The van der Waals surface area contributed by atoms with Crippen LogP contribution in [0.3, 0.4) is 0 Å². The van der Waals surface area contributed by atoms with Gasteiger partial charge in [-0.05, 0) is 18.0 Å². The highest BCUT2D eigenvalue weighted by Crippen LogP contribution is 2.24. The lowest BCUT2D eigenvalue weighted by molar-refractivity contribution is 0.305. The maximum atomic E-state index is 5.92. The van der Waals surface area contributed by atoms with Gasteiger partial charge in [-0.2, -0.15) is 4.98 Å². The monoisotopic (exact) mass is 287 g/mol. The molecule has 0 aliphatic rings. The molecule has 0 saturated heterocycles. The summed E-state index contributed by atoms with van der Waals surface area (Å²) in [6.07, 6.45) is 2.34. The molecule has 8 heteroatoms. The summed E-state index contributed by atoms with van der Waals surface area (Å²) in [5.74, 6) is 1.52.